The lowest BCUT2D eigenvalue weighted by molar-refractivity contribution is 1.29. The molecule has 0 aliphatic heterocycles. The van der Waals surface area contributed by atoms with E-state index in [0.717, 1.165) is 16.3 Å². The number of hydrogen-bond donors (Lipinski definition) is 0. The molecule has 0 N–H and O–H groups in total. The average Bonchev–Trinajstić information content (AvgIpc) is 2.39. The number of halogens is 1. The SMILES string of the molecule is Cc1cc(C#N)ccc1CSc1ccc(Cl)cc1. The summed E-state index contributed by atoms with van der Waals surface area (Å²) in [5.74, 6) is 0.902. The Morgan fingerprint density at radius 2 is 1.89 bits per heavy atom. The molecule has 3 heteroatoms. The molecule has 0 heterocycles. The van der Waals surface area contributed by atoms with Crippen molar-refractivity contribution in [2.24, 2.45) is 0 Å². The van der Waals surface area contributed by atoms with Gasteiger partial charge in [0, 0.05) is 15.7 Å². The second kappa shape index (κ2) is 5.95. The normalized spacial score (nSPS) is 10.1. The lowest BCUT2D eigenvalue weighted by Crippen LogP contribution is -1.88. The van der Waals surface area contributed by atoms with Crippen molar-refractivity contribution in [3.05, 3.63) is 64.2 Å². The van der Waals surface area contributed by atoms with E-state index < -0.39 is 0 Å². The van der Waals surface area contributed by atoms with Crippen LogP contribution in [0.2, 0.25) is 5.02 Å². The van der Waals surface area contributed by atoms with Gasteiger partial charge in [0.2, 0.25) is 0 Å². The molecule has 0 saturated carbocycles. The van der Waals surface area contributed by atoms with Crippen molar-refractivity contribution in [2.75, 3.05) is 0 Å². The van der Waals surface area contributed by atoms with E-state index in [4.69, 9.17) is 16.9 Å². The minimum atomic E-state index is 0.716. The fraction of sp³-hybridized carbons (Fsp3) is 0.133. The lowest BCUT2D eigenvalue weighted by Gasteiger charge is -2.06. The van der Waals surface area contributed by atoms with Crippen LogP contribution in [0.5, 0.6) is 0 Å². The summed E-state index contributed by atoms with van der Waals surface area (Å²) in [6.07, 6.45) is 0. The molecule has 0 bridgehead atoms. The highest BCUT2D eigenvalue weighted by Gasteiger charge is 2.01. The summed E-state index contributed by atoms with van der Waals surface area (Å²) in [6, 6.07) is 15.8. The smallest absolute Gasteiger partial charge is 0.0991 e. The van der Waals surface area contributed by atoms with E-state index in [2.05, 4.69) is 6.07 Å². The second-order valence-electron chi connectivity index (χ2n) is 4.00. The average molecular weight is 274 g/mol. The van der Waals surface area contributed by atoms with Gasteiger partial charge in [-0.25, -0.2) is 0 Å². The summed E-state index contributed by atoms with van der Waals surface area (Å²) in [4.78, 5) is 1.20. The number of benzene rings is 2. The molecular formula is C15H12ClNS. The van der Waals surface area contributed by atoms with Crippen LogP contribution in [0.25, 0.3) is 0 Å². The fourth-order valence-corrected chi connectivity index (χ4v) is 2.72. The van der Waals surface area contributed by atoms with E-state index in [1.54, 1.807) is 11.8 Å². The van der Waals surface area contributed by atoms with Crippen LogP contribution in [0.3, 0.4) is 0 Å². The molecule has 0 aliphatic carbocycles. The van der Waals surface area contributed by atoms with Crippen LogP contribution >= 0.6 is 23.4 Å². The number of rotatable bonds is 3. The highest BCUT2D eigenvalue weighted by molar-refractivity contribution is 7.98. The van der Waals surface area contributed by atoms with Crippen LogP contribution in [0.15, 0.2) is 47.4 Å². The van der Waals surface area contributed by atoms with Crippen molar-refractivity contribution >= 4 is 23.4 Å². The number of hydrogen-bond acceptors (Lipinski definition) is 2. The monoisotopic (exact) mass is 273 g/mol. The molecule has 2 aromatic carbocycles. The third-order valence-corrected chi connectivity index (χ3v) is 3.99. The predicted octanol–water partition coefficient (Wildman–Crippen LogP) is 4.81. The van der Waals surface area contributed by atoms with E-state index in [0.29, 0.717) is 5.56 Å². The first-order valence-electron chi connectivity index (χ1n) is 5.57. The first kappa shape index (κ1) is 13.0. The van der Waals surface area contributed by atoms with Gasteiger partial charge in [0.15, 0.2) is 0 Å². The summed E-state index contributed by atoms with van der Waals surface area (Å²) in [5.41, 5.74) is 3.14. The molecule has 0 fully saturated rings. The molecule has 1 nitrogen and oxygen atoms in total. The zero-order chi connectivity index (χ0) is 13.0. The Bertz CT molecular complexity index is 584. The Kier molecular flexibility index (Phi) is 4.30. The Morgan fingerprint density at radius 3 is 2.50 bits per heavy atom. The Hall–Kier alpha value is -1.43. The molecule has 0 aliphatic rings. The van der Waals surface area contributed by atoms with Crippen molar-refractivity contribution < 1.29 is 0 Å². The minimum absolute atomic E-state index is 0.716. The van der Waals surface area contributed by atoms with Gasteiger partial charge in [0.1, 0.15) is 0 Å². The standard InChI is InChI=1S/C15H12ClNS/c1-11-8-12(9-17)2-3-13(11)10-18-15-6-4-14(16)5-7-15/h2-8H,10H2,1H3. The van der Waals surface area contributed by atoms with Gasteiger partial charge in [-0.2, -0.15) is 5.26 Å². The van der Waals surface area contributed by atoms with Crippen LogP contribution in [-0.2, 0) is 5.75 Å². The number of aryl methyl sites for hydroxylation is 1. The summed E-state index contributed by atoms with van der Waals surface area (Å²) in [6.45, 7) is 2.04. The molecule has 18 heavy (non-hydrogen) atoms. The van der Waals surface area contributed by atoms with Crippen molar-refractivity contribution in [1.82, 2.24) is 0 Å². The quantitative estimate of drug-likeness (QED) is 0.749. The van der Waals surface area contributed by atoms with Crippen molar-refractivity contribution in [3.63, 3.8) is 0 Å². The maximum atomic E-state index is 8.82. The zero-order valence-electron chi connectivity index (χ0n) is 9.98. The maximum absolute atomic E-state index is 8.82. The highest BCUT2D eigenvalue weighted by Crippen LogP contribution is 2.25. The van der Waals surface area contributed by atoms with Crippen LogP contribution < -0.4 is 0 Å². The molecule has 0 amide bonds. The Morgan fingerprint density at radius 1 is 1.17 bits per heavy atom. The molecule has 0 aromatic heterocycles. The van der Waals surface area contributed by atoms with Crippen LogP contribution in [-0.4, -0.2) is 0 Å². The second-order valence-corrected chi connectivity index (χ2v) is 5.48. The lowest BCUT2D eigenvalue weighted by atomic mass is 10.1. The Balaban J connectivity index is 2.06. The summed E-state index contributed by atoms with van der Waals surface area (Å²) in [5, 5.41) is 9.58. The highest BCUT2D eigenvalue weighted by atomic mass is 35.5. The van der Waals surface area contributed by atoms with Gasteiger partial charge in [-0.05, 0) is 54.4 Å². The predicted molar refractivity (Wildman–Crippen MR) is 76.9 cm³/mol. The zero-order valence-corrected chi connectivity index (χ0v) is 11.6. The van der Waals surface area contributed by atoms with Crippen LogP contribution in [0.1, 0.15) is 16.7 Å². The molecular weight excluding hydrogens is 262 g/mol. The maximum Gasteiger partial charge on any atom is 0.0991 e. The molecule has 2 aromatic rings. The molecule has 0 unspecified atom stereocenters. The Labute approximate surface area is 116 Å². The number of thioether (sulfide) groups is 1. The molecule has 0 atom stereocenters. The molecule has 90 valence electrons. The van der Waals surface area contributed by atoms with Gasteiger partial charge < -0.3 is 0 Å². The minimum Gasteiger partial charge on any atom is -0.192 e. The molecule has 0 spiro atoms. The number of nitriles is 1. The topological polar surface area (TPSA) is 23.8 Å². The van der Waals surface area contributed by atoms with Gasteiger partial charge in [-0.15, -0.1) is 11.8 Å². The number of nitrogens with zero attached hydrogens (tertiary/aromatic N) is 1. The largest absolute Gasteiger partial charge is 0.192 e. The third kappa shape index (κ3) is 3.29. The van der Waals surface area contributed by atoms with E-state index in [9.17, 15) is 0 Å². The van der Waals surface area contributed by atoms with Crippen molar-refractivity contribution in [1.29, 1.82) is 5.26 Å². The van der Waals surface area contributed by atoms with Crippen molar-refractivity contribution in [3.8, 4) is 6.07 Å². The van der Waals surface area contributed by atoms with Crippen molar-refractivity contribution in [2.45, 2.75) is 17.6 Å². The van der Waals surface area contributed by atoms with E-state index in [1.807, 2.05) is 49.4 Å². The van der Waals surface area contributed by atoms with E-state index in [1.165, 1.54) is 10.5 Å². The first-order valence-corrected chi connectivity index (χ1v) is 6.93. The van der Waals surface area contributed by atoms with Crippen LogP contribution in [0, 0.1) is 18.3 Å². The van der Waals surface area contributed by atoms with Gasteiger partial charge in [0.25, 0.3) is 0 Å². The van der Waals surface area contributed by atoms with Crippen LogP contribution in [0.4, 0.5) is 0 Å². The van der Waals surface area contributed by atoms with Gasteiger partial charge >= 0.3 is 0 Å². The summed E-state index contributed by atoms with van der Waals surface area (Å²) in [7, 11) is 0. The summed E-state index contributed by atoms with van der Waals surface area (Å²) < 4.78 is 0. The molecule has 0 radical (unpaired) electrons. The van der Waals surface area contributed by atoms with E-state index >= 15 is 0 Å². The fourth-order valence-electron chi connectivity index (χ4n) is 1.62. The summed E-state index contributed by atoms with van der Waals surface area (Å²) >= 11 is 7.62. The molecule has 0 saturated heterocycles. The molecule has 2 rings (SSSR count). The van der Waals surface area contributed by atoms with Gasteiger partial charge in [0.05, 0.1) is 11.6 Å². The van der Waals surface area contributed by atoms with E-state index in [-0.39, 0.29) is 0 Å². The van der Waals surface area contributed by atoms with Gasteiger partial charge in [-0.1, -0.05) is 17.7 Å². The van der Waals surface area contributed by atoms with Gasteiger partial charge in [-0.3, -0.25) is 0 Å². The first-order chi connectivity index (χ1) is 8.69. The third-order valence-electron chi connectivity index (χ3n) is 2.68.